The molecule has 0 aliphatic heterocycles. The summed E-state index contributed by atoms with van der Waals surface area (Å²) >= 11 is 0. The second kappa shape index (κ2) is 4.86. The summed E-state index contributed by atoms with van der Waals surface area (Å²) < 4.78 is 25.0. The molecule has 0 saturated carbocycles. The van der Waals surface area contributed by atoms with Crippen molar-refractivity contribution < 1.29 is 8.42 Å². The molecule has 0 radical (unpaired) electrons. The summed E-state index contributed by atoms with van der Waals surface area (Å²) in [5.41, 5.74) is 1.26. The van der Waals surface area contributed by atoms with Gasteiger partial charge < -0.3 is 0 Å². The molecule has 4 nitrogen and oxygen atoms in total. The SMILES string of the molecule is Cc1ccccc1S(=O)(=O)C(C)c1ccncn1. The van der Waals surface area contributed by atoms with E-state index in [1.54, 1.807) is 44.3 Å². The lowest BCUT2D eigenvalue weighted by Gasteiger charge is -2.13. The Kier molecular flexibility index (Phi) is 3.43. The zero-order chi connectivity index (χ0) is 13.2. The van der Waals surface area contributed by atoms with Crippen LogP contribution < -0.4 is 0 Å². The Morgan fingerprint density at radius 1 is 1.17 bits per heavy atom. The van der Waals surface area contributed by atoms with Crippen LogP contribution in [-0.2, 0) is 9.84 Å². The topological polar surface area (TPSA) is 59.9 Å². The molecule has 0 spiro atoms. The van der Waals surface area contributed by atoms with Gasteiger partial charge in [0.15, 0.2) is 9.84 Å². The third-order valence-corrected chi connectivity index (χ3v) is 5.13. The number of aryl methyl sites for hydroxylation is 1. The van der Waals surface area contributed by atoms with E-state index in [1.165, 1.54) is 6.33 Å². The summed E-state index contributed by atoms with van der Waals surface area (Å²) in [4.78, 5) is 8.16. The highest BCUT2D eigenvalue weighted by Gasteiger charge is 2.26. The van der Waals surface area contributed by atoms with Crippen LogP contribution in [0.25, 0.3) is 0 Å². The normalized spacial score (nSPS) is 13.2. The molecule has 1 atom stereocenters. The molecular formula is C13H14N2O2S. The molecule has 1 aromatic carbocycles. The van der Waals surface area contributed by atoms with Crippen LogP contribution in [0.3, 0.4) is 0 Å². The van der Waals surface area contributed by atoms with Crippen LogP contribution in [0.4, 0.5) is 0 Å². The van der Waals surface area contributed by atoms with E-state index >= 15 is 0 Å². The van der Waals surface area contributed by atoms with Crippen LogP contribution in [0.2, 0.25) is 0 Å². The lowest BCUT2D eigenvalue weighted by atomic mass is 10.2. The van der Waals surface area contributed by atoms with Crippen LogP contribution in [-0.4, -0.2) is 18.4 Å². The molecule has 1 unspecified atom stereocenters. The number of sulfone groups is 1. The number of rotatable bonds is 3. The van der Waals surface area contributed by atoms with Crippen LogP contribution in [0.1, 0.15) is 23.4 Å². The molecular weight excluding hydrogens is 248 g/mol. The monoisotopic (exact) mass is 262 g/mol. The van der Waals surface area contributed by atoms with Gasteiger partial charge in [-0.15, -0.1) is 0 Å². The van der Waals surface area contributed by atoms with Crippen molar-refractivity contribution in [3.05, 3.63) is 54.1 Å². The van der Waals surface area contributed by atoms with Crippen LogP contribution >= 0.6 is 0 Å². The molecule has 2 rings (SSSR count). The van der Waals surface area contributed by atoms with E-state index in [0.29, 0.717) is 10.6 Å². The zero-order valence-corrected chi connectivity index (χ0v) is 11.1. The van der Waals surface area contributed by atoms with Crippen molar-refractivity contribution in [2.24, 2.45) is 0 Å². The van der Waals surface area contributed by atoms with E-state index in [-0.39, 0.29) is 0 Å². The summed E-state index contributed by atoms with van der Waals surface area (Å²) in [5.74, 6) is 0. The van der Waals surface area contributed by atoms with Gasteiger partial charge in [-0.25, -0.2) is 18.4 Å². The molecule has 5 heteroatoms. The first-order valence-electron chi connectivity index (χ1n) is 5.59. The van der Waals surface area contributed by atoms with Crippen LogP contribution in [0.15, 0.2) is 47.8 Å². The molecule has 94 valence electrons. The molecule has 0 amide bonds. The largest absolute Gasteiger partial charge is 0.245 e. The van der Waals surface area contributed by atoms with Crippen molar-refractivity contribution in [1.82, 2.24) is 9.97 Å². The second-order valence-electron chi connectivity index (χ2n) is 4.09. The van der Waals surface area contributed by atoms with Crippen molar-refractivity contribution in [3.63, 3.8) is 0 Å². The lowest BCUT2D eigenvalue weighted by molar-refractivity contribution is 0.584. The Morgan fingerprint density at radius 2 is 1.89 bits per heavy atom. The average Bonchev–Trinajstić information content (AvgIpc) is 2.39. The molecule has 2 aromatic rings. The number of hydrogen-bond donors (Lipinski definition) is 0. The van der Waals surface area contributed by atoms with Gasteiger partial charge in [0.2, 0.25) is 0 Å². The van der Waals surface area contributed by atoms with E-state index < -0.39 is 15.1 Å². The Morgan fingerprint density at radius 3 is 2.50 bits per heavy atom. The first-order valence-corrected chi connectivity index (χ1v) is 7.13. The van der Waals surface area contributed by atoms with Gasteiger partial charge in [0.25, 0.3) is 0 Å². The van der Waals surface area contributed by atoms with Crippen LogP contribution in [0.5, 0.6) is 0 Å². The van der Waals surface area contributed by atoms with Crippen molar-refractivity contribution in [2.75, 3.05) is 0 Å². The summed E-state index contributed by atoms with van der Waals surface area (Å²) in [6.45, 7) is 3.43. The summed E-state index contributed by atoms with van der Waals surface area (Å²) in [6, 6.07) is 8.60. The highest BCUT2D eigenvalue weighted by Crippen LogP contribution is 2.28. The molecule has 18 heavy (non-hydrogen) atoms. The third-order valence-electron chi connectivity index (χ3n) is 2.89. The maximum absolute atomic E-state index is 12.5. The highest BCUT2D eigenvalue weighted by atomic mass is 32.2. The number of hydrogen-bond acceptors (Lipinski definition) is 4. The van der Waals surface area contributed by atoms with Crippen molar-refractivity contribution in [3.8, 4) is 0 Å². The van der Waals surface area contributed by atoms with Gasteiger partial charge in [0, 0.05) is 6.20 Å². The Labute approximate surface area is 107 Å². The molecule has 0 saturated heterocycles. The van der Waals surface area contributed by atoms with Gasteiger partial charge in [-0.2, -0.15) is 0 Å². The fraction of sp³-hybridized carbons (Fsp3) is 0.231. The van der Waals surface area contributed by atoms with Gasteiger partial charge in [0.1, 0.15) is 11.6 Å². The number of aromatic nitrogens is 2. The minimum atomic E-state index is -3.41. The highest BCUT2D eigenvalue weighted by molar-refractivity contribution is 7.91. The van der Waals surface area contributed by atoms with Crippen molar-refractivity contribution in [1.29, 1.82) is 0 Å². The Bertz CT molecular complexity index is 639. The van der Waals surface area contributed by atoms with E-state index in [2.05, 4.69) is 9.97 Å². The predicted molar refractivity (Wildman–Crippen MR) is 68.8 cm³/mol. The van der Waals surface area contributed by atoms with Gasteiger partial charge in [0.05, 0.1) is 10.6 Å². The van der Waals surface area contributed by atoms with E-state index in [0.717, 1.165) is 5.56 Å². The first-order chi connectivity index (χ1) is 8.53. The van der Waals surface area contributed by atoms with Crippen molar-refractivity contribution in [2.45, 2.75) is 24.0 Å². The number of benzene rings is 1. The predicted octanol–water partition coefficient (Wildman–Crippen LogP) is 2.32. The Balaban J connectivity index is 2.48. The molecule has 0 N–H and O–H groups in total. The third kappa shape index (κ3) is 2.26. The smallest absolute Gasteiger partial charge is 0.186 e. The van der Waals surface area contributed by atoms with Gasteiger partial charge in [-0.3, -0.25) is 0 Å². The maximum Gasteiger partial charge on any atom is 0.186 e. The summed E-state index contributed by atoms with van der Waals surface area (Å²) in [6.07, 6.45) is 2.91. The minimum absolute atomic E-state index is 0.358. The summed E-state index contributed by atoms with van der Waals surface area (Å²) in [7, 11) is -3.41. The number of nitrogens with zero attached hydrogens (tertiary/aromatic N) is 2. The van der Waals surface area contributed by atoms with Gasteiger partial charge in [-0.1, -0.05) is 18.2 Å². The van der Waals surface area contributed by atoms with Crippen molar-refractivity contribution >= 4 is 9.84 Å². The molecule has 0 aliphatic carbocycles. The second-order valence-corrected chi connectivity index (χ2v) is 6.32. The Hall–Kier alpha value is -1.75. The lowest BCUT2D eigenvalue weighted by Crippen LogP contribution is -2.13. The molecule has 0 aliphatic rings. The average molecular weight is 262 g/mol. The molecule has 1 aromatic heterocycles. The fourth-order valence-corrected chi connectivity index (χ4v) is 3.39. The zero-order valence-electron chi connectivity index (χ0n) is 10.2. The maximum atomic E-state index is 12.5. The molecule has 1 heterocycles. The van der Waals surface area contributed by atoms with E-state index in [1.807, 2.05) is 6.07 Å². The minimum Gasteiger partial charge on any atom is -0.245 e. The van der Waals surface area contributed by atoms with Gasteiger partial charge in [-0.05, 0) is 31.5 Å². The summed E-state index contributed by atoms with van der Waals surface area (Å²) in [5, 5.41) is -0.679. The fourth-order valence-electron chi connectivity index (χ4n) is 1.77. The van der Waals surface area contributed by atoms with E-state index in [9.17, 15) is 8.42 Å². The molecule has 0 bridgehead atoms. The quantitative estimate of drug-likeness (QED) is 0.851. The van der Waals surface area contributed by atoms with Gasteiger partial charge >= 0.3 is 0 Å². The first kappa shape index (κ1) is 12.7. The van der Waals surface area contributed by atoms with E-state index in [4.69, 9.17) is 0 Å². The molecule has 0 fully saturated rings. The standard InChI is InChI=1S/C13H14N2O2S/c1-10-5-3-4-6-13(10)18(16,17)11(2)12-7-8-14-9-15-12/h3-9,11H,1-2H3. The van der Waals surface area contributed by atoms with Crippen LogP contribution in [0, 0.1) is 6.92 Å².